The van der Waals surface area contributed by atoms with E-state index in [2.05, 4.69) is 20.5 Å². The molecule has 2 aromatic heterocycles. The molecule has 9 heteroatoms. The number of nitrogens with one attached hydrogen (secondary N) is 1. The summed E-state index contributed by atoms with van der Waals surface area (Å²) in [5.74, 6) is 0.297. The van der Waals surface area contributed by atoms with Crippen molar-refractivity contribution in [3.63, 3.8) is 0 Å². The number of nitrogens with zero attached hydrogens (tertiary/aromatic N) is 4. The Morgan fingerprint density at radius 3 is 2.79 bits per heavy atom. The van der Waals surface area contributed by atoms with E-state index in [1.165, 1.54) is 0 Å². The summed E-state index contributed by atoms with van der Waals surface area (Å²) in [6, 6.07) is 0. The molecule has 1 aliphatic rings. The van der Waals surface area contributed by atoms with Crippen molar-refractivity contribution < 1.29 is 14.1 Å². The average molecular weight is 335 g/mol. The third-order valence-electron chi connectivity index (χ3n) is 4.08. The summed E-state index contributed by atoms with van der Waals surface area (Å²) < 4.78 is 11.5. The van der Waals surface area contributed by atoms with Crippen molar-refractivity contribution in [2.45, 2.75) is 20.4 Å². The zero-order valence-corrected chi connectivity index (χ0v) is 13.9. The number of fused-ring (bicyclic) bond motifs is 1. The molecule has 24 heavy (non-hydrogen) atoms. The lowest BCUT2D eigenvalue weighted by molar-refractivity contribution is -0.122. The molecule has 1 N–H and O–H groups in total. The van der Waals surface area contributed by atoms with Crippen LogP contribution in [0.1, 0.15) is 11.5 Å². The van der Waals surface area contributed by atoms with Gasteiger partial charge in [-0.25, -0.2) is 4.68 Å². The van der Waals surface area contributed by atoms with Gasteiger partial charge in [0.2, 0.25) is 5.91 Å². The Morgan fingerprint density at radius 2 is 2.04 bits per heavy atom. The smallest absolute Gasteiger partial charge is 0.297 e. The highest BCUT2D eigenvalue weighted by Gasteiger charge is 2.16. The van der Waals surface area contributed by atoms with Crippen LogP contribution in [0.4, 0.5) is 0 Å². The van der Waals surface area contributed by atoms with Crippen molar-refractivity contribution in [3.8, 4) is 0 Å². The normalized spacial score (nSPS) is 15.8. The molecule has 0 spiro atoms. The fraction of sp³-hybridized carbons (Fsp3) is 0.600. The van der Waals surface area contributed by atoms with Crippen molar-refractivity contribution >= 4 is 16.8 Å². The fourth-order valence-electron chi connectivity index (χ4n) is 2.82. The van der Waals surface area contributed by atoms with Gasteiger partial charge in [-0.05, 0) is 13.8 Å². The molecular formula is C15H21N5O4. The van der Waals surface area contributed by atoms with Crippen molar-refractivity contribution in [2.75, 3.05) is 39.4 Å². The summed E-state index contributed by atoms with van der Waals surface area (Å²) in [7, 11) is 0. The largest absolute Gasteiger partial charge is 0.379 e. The van der Waals surface area contributed by atoms with E-state index in [1.807, 2.05) is 0 Å². The van der Waals surface area contributed by atoms with Crippen LogP contribution in [-0.4, -0.2) is 65.1 Å². The standard InChI is InChI=1S/C15H21N5O4/c1-10-13-11(2)24-18-14(13)15(22)20(17-10)9-12(21)16-3-4-19-5-7-23-8-6-19/h3-9H2,1-2H3,(H,16,21). The molecule has 1 amide bonds. The first-order valence-corrected chi connectivity index (χ1v) is 7.97. The van der Waals surface area contributed by atoms with Gasteiger partial charge in [0.1, 0.15) is 12.3 Å². The number of amides is 1. The van der Waals surface area contributed by atoms with E-state index in [1.54, 1.807) is 13.8 Å². The predicted octanol–water partition coefficient (Wildman–Crippen LogP) is -0.550. The van der Waals surface area contributed by atoms with E-state index in [0.717, 1.165) is 37.5 Å². The lowest BCUT2D eigenvalue weighted by Gasteiger charge is -2.26. The molecule has 0 saturated carbocycles. The van der Waals surface area contributed by atoms with E-state index >= 15 is 0 Å². The maximum Gasteiger partial charge on any atom is 0.297 e. The molecule has 1 saturated heterocycles. The van der Waals surface area contributed by atoms with Gasteiger partial charge in [-0.2, -0.15) is 5.10 Å². The van der Waals surface area contributed by atoms with Crippen molar-refractivity contribution in [1.29, 1.82) is 0 Å². The topological polar surface area (TPSA) is 102 Å². The van der Waals surface area contributed by atoms with Crippen LogP contribution in [0.25, 0.3) is 10.9 Å². The maximum absolute atomic E-state index is 12.3. The molecule has 3 rings (SSSR count). The minimum Gasteiger partial charge on any atom is -0.379 e. The van der Waals surface area contributed by atoms with E-state index in [4.69, 9.17) is 9.26 Å². The van der Waals surface area contributed by atoms with Crippen LogP contribution >= 0.6 is 0 Å². The Labute approximate surface area is 138 Å². The van der Waals surface area contributed by atoms with Gasteiger partial charge in [-0.3, -0.25) is 14.5 Å². The molecule has 0 aliphatic carbocycles. The number of ether oxygens (including phenoxy) is 1. The number of morpholine rings is 1. The highest BCUT2D eigenvalue weighted by molar-refractivity contribution is 5.82. The zero-order chi connectivity index (χ0) is 17.1. The van der Waals surface area contributed by atoms with Gasteiger partial charge in [-0.15, -0.1) is 0 Å². The Balaban J connectivity index is 1.61. The first-order valence-electron chi connectivity index (χ1n) is 7.97. The highest BCUT2D eigenvalue weighted by atomic mass is 16.5. The van der Waals surface area contributed by atoms with Gasteiger partial charge in [0.15, 0.2) is 5.52 Å². The molecule has 9 nitrogen and oxygen atoms in total. The summed E-state index contributed by atoms with van der Waals surface area (Å²) in [6.45, 7) is 7.84. The highest BCUT2D eigenvalue weighted by Crippen LogP contribution is 2.16. The van der Waals surface area contributed by atoms with Gasteiger partial charge in [0.25, 0.3) is 5.56 Å². The minimum absolute atomic E-state index is 0.134. The van der Waals surface area contributed by atoms with Crippen molar-refractivity contribution in [2.24, 2.45) is 0 Å². The van der Waals surface area contributed by atoms with Gasteiger partial charge >= 0.3 is 0 Å². The first kappa shape index (κ1) is 16.6. The number of carbonyl (C=O) groups excluding carboxylic acids is 1. The SMILES string of the molecule is Cc1nn(CC(=O)NCCN2CCOCC2)c(=O)c2noc(C)c12. The second-order valence-electron chi connectivity index (χ2n) is 5.81. The van der Waals surface area contributed by atoms with E-state index in [0.29, 0.717) is 23.4 Å². The maximum atomic E-state index is 12.3. The molecule has 0 bridgehead atoms. The lowest BCUT2D eigenvalue weighted by atomic mass is 10.2. The van der Waals surface area contributed by atoms with E-state index in [9.17, 15) is 9.59 Å². The number of aromatic nitrogens is 3. The fourth-order valence-corrected chi connectivity index (χ4v) is 2.82. The zero-order valence-electron chi connectivity index (χ0n) is 13.9. The average Bonchev–Trinajstić information content (AvgIpc) is 2.96. The number of hydrogen-bond acceptors (Lipinski definition) is 7. The molecule has 1 fully saturated rings. The van der Waals surface area contributed by atoms with Crippen LogP contribution in [0.3, 0.4) is 0 Å². The van der Waals surface area contributed by atoms with Crippen LogP contribution in [0.15, 0.2) is 9.32 Å². The summed E-state index contributed by atoms with van der Waals surface area (Å²) >= 11 is 0. The number of hydrogen-bond donors (Lipinski definition) is 1. The van der Waals surface area contributed by atoms with Crippen molar-refractivity contribution in [1.82, 2.24) is 25.2 Å². The van der Waals surface area contributed by atoms with Gasteiger partial charge < -0.3 is 14.6 Å². The second-order valence-corrected chi connectivity index (χ2v) is 5.81. The third-order valence-corrected chi connectivity index (χ3v) is 4.08. The third kappa shape index (κ3) is 3.46. The van der Waals surface area contributed by atoms with Crippen LogP contribution in [0.5, 0.6) is 0 Å². The van der Waals surface area contributed by atoms with Gasteiger partial charge in [0, 0.05) is 26.2 Å². The van der Waals surface area contributed by atoms with Crippen molar-refractivity contribution in [3.05, 3.63) is 21.8 Å². The molecule has 130 valence electrons. The van der Waals surface area contributed by atoms with Crippen LogP contribution < -0.4 is 10.9 Å². The lowest BCUT2D eigenvalue weighted by Crippen LogP contribution is -2.42. The number of carbonyl (C=O) groups is 1. The number of rotatable bonds is 5. The summed E-state index contributed by atoms with van der Waals surface area (Å²) in [6.07, 6.45) is 0. The Kier molecular flexibility index (Phi) is 4.91. The molecule has 0 unspecified atom stereocenters. The monoisotopic (exact) mass is 335 g/mol. The summed E-state index contributed by atoms with van der Waals surface area (Å²) in [4.78, 5) is 26.6. The van der Waals surface area contributed by atoms with E-state index < -0.39 is 5.56 Å². The molecule has 1 aliphatic heterocycles. The van der Waals surface area contributed by atoms with Gasteiger partial charge in [0.05, 0.1) is 24.3 Å². The molecular weight excluding hydrogens is 314 g/mol. The van der Waals surface area contributed by atoms with Gasteiger partial charge in [-0.1, -0.05) is 5.16 Å². The molecule has 3 heterocycles. The molecule has 2 aromatic rings. The summed E-state index contributed by atoms with van der Waals surface area (Å²) in [5.41, 5.74) is 0.404. The first-order chi connectivity index (χ1) is 11.6. The Morgan fingerprint density at radius 1 is 1.29 bits per heavy atom. The predicted molar refractivity (Wildman–Crippen MR) is 85.8 cm³/mol. The van der Waals surface area contributed by atoms with E-state index in [-0.39, 0.29) is 18.0 Å². The Bertz CT molecular complexity index is 791. The minimum atomic E-state index is -0.421. The molecule has 0 aromatic carbocycles. The number of aryl methyl sites for hydroxylation is 2. The molecule has 0 radical (unpaired) electrons. The quantitative estimate of drug-likeness (QED) is 0.782. The van der Waals surface area contributed by atoms with Crippen LogP contribution in [-0.2, 0) is 16.1 Å². The Hall–Kier alpha value is -2.26. The summed E-state index contributed by atoms with van der Waals surface area (Å²) in [5, 5.41) is 11.4. The van der Waals surface area contributed by atoms with Crippen LogP contribution in [0.2, 0.25) is 0 Å². The van der Waals surface area contributed by atoms with Crippen LogP contribution in [0, 0.1) is 13.8 Å². The molecule has 0 atom stereocenters. The second kappa shape index (κ2) is 7.10.